The number of benzene rings is 1. The van der Waals surface area contributed by atoms with E-state index in [4.69, 9.17) is 9.72 Å². The van der Waals surface area contributed by atoms with Gasteiger partial charge in [0, 0.05) is 35.7 Å². The van der Waals surface area contributed by atoms with Crippen molar-refractivity contribution < 1.29 is 9.84 Å². The molecule has 1 saturated carbocycles. The number of anilines is 1. The van der Waals surface area contributed by atoms with Crippen LogP contribution in [0, 0.1) is 0 Å². The fourth-order valence-corrected chi connectivity index (χ4v) is 6.09. The molecule has 1 spiro atoms. The molecule has 0 bridgehead atoms. The molecule has 0 amide bonds. The highest BCUT2D eigenvalue weighted by molar-refractivity contribution is 5.72. The number of aliphatic hydroxyl groups is 1. The van der Waals surface area contributed by atoms with Crippen LogP contribution in [0.25, 0.3) is 11.3 Å². The average molecular weight is 424 g/mol. The highest BCUT2D eigenvalue weighted by Crippen LogP contribution is 2.50. The Hall–Kier alpha value is -2.18. The number of hydrogen-bond donors (Lipinski definition) is 2. The van der Waals surface area contributed by atoms with E-state index in [1.807, 2.05) is 10.6 Å². The Kier molecular flexibility index (Phi) is 5.18. The predicted octanol–water partition coefficient (Wildman–Crippen LogP) is 3.81. The minimum atomic E-state index is -0.272. The van der Waals surface area contributed by atoms with Crippen LogP contribution in [0.1, 0.15) is 69.5 Å². The molecule has 2 heterocycles. The Morgan fingerprint density at radius 1 is 1.26 bits per heavy atom. The van der Waals surface area contributed by atoms with Crippen LogP contribution in [0.5, 0.6) is 0 Å². The van der Waals surface area contributed by atoms with Crippen molar-refractivity contribution in [2.45, 2.75) is 75.9 Å². The summed E-state index contributed by atoms with van der Waals surface area (Å²) in [5.74, 6) is 0.567. The average Bonchev–Trinajstić information content (AvgIpc) is 3.22. The molecule has 2 aliphatic carbocycles. The zero-order valence-corrected chi connectivity index (χ0v) is 18.6. The Balaban J connectivity index is 1.69. The first-order chi connectivity index (χ1) is 14.9. The van der Waals surface area contributed by atoms with Crippen molar-refractivity contribution in [1.29, 1.82) is 0 Å². The van der Waals surface area contributed by atoms with E-state index in [-0.39, 0.29) is 29.2 Å². The lowest BCUT2D eigenvalue weighted by Crippen LogP contribution is -2.42. The summed E-state index contributed by atoms with van der Waals surface area (Å²) in [6.07, 6.45) is 7.04. The van der Waals surface area contributed by atoms with Crippen molar-refractivity contribution in [3.63, 3.8) is 0 Å². The van der Waals surface area contributed by atoms with Gasteiger partial charge in [-0.3, -0.25) is 9.36 Å². The maximum atomic E-state index is 14.0. The second kappa shape index (κ2) is 7.75. The van der Waals surface area contributed by atoms with Crippen LogP contribution in [0.3, 0.4) is 0 Å². The molecule has 5 rings (SSSR count). The molecule has 2 fully saturated rings. The van der Waals surface area contributed by atoms with Gasteiger partial charge in [0.1, 0.15) is 0 Å². The molecule has 166 valence electrons. The molecule has 6 nitrogen and oxygen atoms in total. The fourth-order valence-electron chi connectivity index (χ4n) is 6.09. The lowest BCUT2D eigenvalue weighted by molar-refractivity contribution is -0.0694. The summed E-state index contributed by atoms with van der Waals surface area (Å²) in [5, 5.41) is 12.7. The van der Waals surface area contributed by atoms with Crippen LogP contribution in [0.2, 0.25) is 0 Å². The van der Waals surface area contributed by atoms with Gasteiger partial charge in [0.05, 0.1) is 17.9 Å². The topological polar surface area (TPSA) is 76.4 Å². The summed E-state index contributed by atoms with van der Waals surface area (Å²) in [4.78, 5) is 19.1. The molecule has 1 aromatic carbocycles. The van der Waals surface area contributed by atoms with Gasteiger partial charge in [-0.15, -0.1) is 0 Å². The van der Waals surface area contributed by atoms with Crippen LogP contribution in [-0.2, 0) is 16.6 Å². The van der Waals surface area contributed by atoms with Gasteiger partial charge >= 0.3 is 0 Å². The summed E-state index contributed by atoms with van der Waals surface area (Å²) in [6, 6.07) is 8.55. The summed E-state index contributed by atoms with van der Waals surface area (Å²) in [5.41, 5.74) is 4.01. The lowest BCUT2D eigenvalue weighted by atomic mass is 9.68. The molecule has 6 heteroatoms. The predicted molar refractivity (Wildman–Crippen MR) is 122 cm³/mol. The zero-order chi connectivity index (χ0) is 21.6. The van der Waals surface area contributed by atoms with Crippen molar-refractivity contribution in [2.75, 3.05) is 25.1 Å². The van der Waals surface area contributed by atoms with Crippen molar-refractivity contribution >= 4 is 5.95 Å². The molecule has 1 unspecified atom stereocenters. The second-order valence-corrected chi connectivity index (χ2v) is 10.1. The highest BCUT2D eigenvalue weighted by Gasteiger charge is 2.43. The molecule has 1 saturated heterocycles. The number of aliphatic hydroxyl groups excluding tert-OH is 1. The van der Waals surface area contributed by atoms with Crippen LogP contribution in [-0.4, -0.2) is 40.0 Å². The molecular formula is C25H33N3O3. The molecule has 1 aliphatic heterocycles. The Morgan fingerprint density at radius 3 is 2.77 bits per heavy atom. The molecule has 3 aliphatic rings. The monoisotopic (exact) mass is 423 g/mol. The number of aromatic nitrogens is 2. The quantitative estimate of drug-likeness (QED) is 0.782. The first-order valence-electron chi connectivity index (χ1n) is 11.7. The number of hydrogen-bond acceptors (Lipinski definition) is 5. The van der Waals surface area contributed by atoms with E-state index in [9.17, 15) is 9.90 Å². The summed E-state index contributed by atoms with van der Waals surface area (Å²) in [6.45, 7) is 5.16. The Labute approximate surface area is 183 Å². The van der Waals surface area contributed by atoms with Gasteiger partial charge in [-0.05, 0) is 51.5 Å². The van der Waals surface area contributed by atoms with E-state index in [2.05, 4.69) is 37.4 Å². The van der Waals surface area contributed by atoms with E-state index in [1.54, 1.807) is 0 Å². The van der Waals surface area contributed by atoms with Crippen LogP contribution >= 0.6 is 0 Å². The Morgan fingerprint density at radius 2 is 2.03 bits per heavy atom. The van der Waals surface area contributed by atoms with E-state index in [0.717, 1.165) is 48.9 Å². The number of fused-ring (bicyclic) bond motifs is 4. The zero-order valence-electron chi connectivity index (χ0n) is 18.6. The van der Waals surface area contributed by atoms with Gasteiger partial charge in [0.25, 0.3) is 5.56 Å². The molecule has 2 aromatic rings. The van der Waals surface area contributed by atoms with Crippen LogP contribution in [0.15, 0.2) is 29.1 Å². The lowest BCUT2D eigenvalue weighted by Gasteiger charge is -2.39. The van der Waals surface area contributed by atoms with Gasteiger partial charge in [-0.25, -0.2) is 4.98 Å². The first kappa shape index (κ1) is 20.7. The van der Waals surface area contributed by atoms with Crippen molar-refractivity contribution in [1.82, 2.24) is 9.55 Å². The second-order valence-electron chi connectivity index (χ2n) is 10.1. The Bertz CT molecular complexity index is 1040. The molecular weight excluding hydrogens is 390 g/mol. The van der Waals surface area contributed by atoms with Crippen molar-refractivity contribution in [3.8, 4) is 11.3 Å². The highest BCUT2D eigenvalue weighted by atomic mass is 16.5. The molecule has 2 N–H and O–H groups in total. The smallest absolute Gasteiger partial charge is 0.259 e. The third-order valence-electron chi connectivity index (χ3n) is 7.47. The number of nitrogens with one attached hydrogen (secondary N) is 1. The van der Waals surface area contributed by atoms with Crippen molar-refractivity contribution in [3.05, 3.63) is 45.7 Å². The molecule has 0 radical (unpaired) electrons. The minimum absolute atomic E-state index is 0.00801. The van der Waals surface area contributed by atoms with E-state index in [1.165, 1.54) is 18.4 Å². The largest absolute Gasteiger partial charge is 0.395 e. The molecule has 1 aromatic heterocycles. The summed E-state index contributed by atoms with van der Waals surface area (Å²) >= 11 is 0. The standard InChI is InChI=1S/C25H33N3O3/c1-24(2)15-17(9-14-31-24)28-22(30)19-16-25(10-5-6-11-25)20-8-4-3-7-18(20)21(19)27-23(28)26-12-13-29/h3-4,7-8,17,29H,5-6,9-16H2,1-2H3,(H,26,27). The maximum absolute atomic E-state index is 14.0. The molecule has 1 atom stereocenters. The van der Waals surface area contributed by atoms with Gasteiger partial charge in [-0.1, -0.05) is 37.1 Å². The van der Waals surface area contributed by atoms with Gasteiger partial charge in [0.15, 0.2) is 0 Å². The van der Waals surface area contributed by atoms with E-state index in [0.29, 0.717) is 19.1 Å². The maximum Gasteiger partial charge on any atom is 0.259 e. The third-order valence-corrected chi connectivity index (χ3v) is 7.47. The van der Waals surface area contributed by atoms with Crippen molar-refractivity contribution in [2.24, 2.45) is 0 Å². The normalized spacial score (nSPS) is 23.4. The summed E-state index contributed by atoms with van der Waals surface area (Å²) < 4.78 is 7.79. The van der Waals surface area contributed by atoms with Crippen LogP contribution < -0.4 is 10.9 Å². The van der Waals surface area contributed by atoms with Crippen LogP contribution in [0.4, 0.5) is 5.95 Å². The number of rotatable bonds is 4. The fraction of sp³-hybridized carbons (Fsp3) is 0.600. The van der Waals surface area contributed by atoms with Gasteiger partial charge in [-0.2, -0.15) is 0 Å². The van der Waals surface area contributed by atoms with E-state index < -0.39 is 0 Å². The van der Waals surface area contributed by atoms with E-state index >= 15 is 0 Å². The number of ether oxygens (including phenoxy) is 1. The van der Waals surface area contributed by atoms with Gasteiger partial charge < -0.3 is 15.2 Å². The molecule has 31 heavy (non-hydrogen) atoms. The van der Waals surface area contributed by atoms with Gasteiger partial charge in [0.2, 0.25) is 5.95 Å². The third kappa shape index (κ3) is 3.50. The SMILES string of the molecule is CC1(C)CC(n2c(NCCO)nc3c(c2=O)CC2(CCCC2)c2ccccc2-3)CCO1. The number of nitrogens with zero attached hydrogens (tertiary/aromatic N) is 2. The summed E-state index contributed by atoms with van der Waals surface area (Å²) in [7, 11) is 0. The minimum Gasteiger partial charge on any atom is -0.395 e. The first-order valence-corrected chi connectivity index (χ1v) is 11.7.